The van der Waals surface area contributed by atoms with Gasteiger partial charge in [0.1, 0.15) is 5.75 Å². The molecule has 1 aliphatic heterocycles. The van der Waals surface area contributed by atoms with E-state index in [0.717, 1.165) is 42.8 Å². The molecule has 1 aromatic heterocycles. The zero-order chi connectivity index (χ0) is 20.6. The number of ether oxygens (including phenoxy) is 1. The smallest absolute Gasteiger partial charge is 0.236 e. The third-order valence-corrected chi connectivity index (χ3v) is 6.69. The minimum atomic E-state index is -0.135. The lowest BCUT2D eigenvalue weighted by atomic mass is 10.0. The number of thiazole rings is 1. The highest BCUT2D eigenvalue weighted by atomic mass is 32.2. The molecule has 3 rings (SSSR count). The average Bonchev–Trinajstić information content (AvgIpc) is 3.22. The maximum Gasteiger partial charge on any atom is 0.236 e. The van der Waals surface area contributed by atoms with Crippen molar-refractivity contribution >= 4 is 40.0 Å². The van der Waals surface area contributed by atoms with E-state index in [0.29, 0.717) is 16.9 Å². The molecule has 0 spiro atoms. The fourth-order valence-corrected chi connectivity index (χ4v) is 4.88. The van der Waals surface area contributed by atoms with Gasteiger partial charge in [0.25, 0.3) is 0 Å². The first-order chi connectivity index (χ1) is 14.1. The minimum absolute atomic E-state index is 0.135. The number of piperidine rings is 1. The van der Waals surface area contributed by atoms with Gasteiger partial charge in [-0.1, -0.05) is 6.92 Å². The second-order valence-corrected chi connectivity index (χ2v) is 8.80. The van der Waals surface area contributed by atoms with Crippen molar-refractivity contribution in [2.24, 2.45) is 0 Å². The van der Waals surface area contributed by atoms with Gasteiger partial charge in [0, 0.05) is 23.5 Å². The summed E-state index contributed by atoms with van der Waals surface area (Å²) in [6, 6.07) is 7.99. The van der Waals surface area contributed by atoms with Gasteiger partial charge in [-0.3, -0.25) is 9.59 Å². The van der Waals surface area contributed by atoms with Crippen LogP contribution in [-0.2, 0) is 9.59 Å². The Balaban J connectivity index is 1.45. The predicted molar refractivity (Wildman–Crippen MR) is 120 cm³/mol. The summed E-state index contributed by atoms with van der Waals surface area (Å²) in [6.45, 7) is 2.97. The molecule has 6 nitrogen and oxygen atoms in total. The van der Waals surface area contributed by atoms with Crippen LogP contribution in [0, 0.1) is 0 Å². The van der Waals surface area contributed by atoms with Crippen LogP contribution in [-0.4, -0.2) is 52.9 Å². The topological polar surface area (TPSA) is 71.5 Å². The number of hydrogen-bond donors (Lipinski definition) is 1. The number of rotatable bonds is 8. The number of nitrogens with zero attached hydrogens (tertiary/aromatic N) is 2. The molecule has 1 unspecified atom stereocenters. The Labute approximate surface area is 180 Å². The van der Waals surface area contributed by atoms with Gasteiger partial charge in [0.15, 0.2) is 5.13 Å². The van der Waals surface area contributed by atoms with E-state index in [4.69, 9.17) is 4.74 Å². The maximum absolute atomic E-state index is 12.5. The molecule has 0 bridgehead atoms. The summed E-state index contributed by atoms with van der Waals surface area (Å²) in [5.74, 6) is 1.39. The molecule has 0 aliphatic carbocycles. The molecule has 1 aromatic carbocycles. The summed E-state index contributed by atoms with van der Waals surface area (Å²) in [6.07, 6.45) is 4.36. The van der Waals surface area contributed by atoms with E-state index in [2.05, 4.69) is 17.2 Å². The first kappa shape index (κ1) is 21.6. The number of nitrogens with one attached hydrogen (secondary N) is 1. The third-order valence-electron chi connectivity index (χ3n) is 5.01. The summed E-state index contributed by atoms with van der Waals surface area (Å²) in [4.78, 5) is 31.2. The molecule has 29 heavy (non-hydrogen) atoms. The van der Waals surface area contributed by atoms with E-state index in [1.165, 1.54) is 29.5 Å². The molecule has 2 aromatic rings. The Hall–Kier alpha value is -2.06. The fraction of sp³-hybridized carbons (Fsp3) is 0.476. The van der Waals surface area contributed by atoms with Crippen molar-refractivity contribution in [3.63, 3.8) is 0 Å². The lowest BCUT2D eigenvalue weighted by Crippen LogP contribution is -2.44. The van der Waals surface area contributed by atoms with Crippen LogP contribution >= 0.6 is 23.1 Å². The first-order valence-corrected chi connectivity index (χ1v) is 11.9. The van der Waals surface area contributed by atoms with Crippen molar-refractivity contribution in [2.45, 2.75) is 38.6 Å². The quantitative estimate of drug-likeness (QED) is 0.673. The monoisotopic (exact) mass is 433 g/mol. The lowest BCUT2D eigenvalue weighted by molar-refractivity contribution is -0.132. The van der Waals surface area contributed by atoms with Crippen LogP contribution in [0.3, 0.4) is 0 Å². The van der Waals surface area contributed by atoms with Crippen LogP contribution in [0.5, 0.6) is 5.75 Å². The normalized spacial score (nSPS) is 16.5. The Morgan fingerprint density at radius 2 is 2.07 bits per heavy atom. The molecular weight excluding hydrogens is 406 g/mol. The van der Waals surface area contributed by atoms with Gasteiger partial charge in [-0.05, 0) is 49.9 Å². The minimum Gasteiger partial charge on any atom is -0.497 e. The standard InChI is InChI=1S/C21H27N3O3S2/c1-3-16-6-4-5-11-24(16)20(26)14-28-13-19(25)23-21-22-18(12-29-21)15-7-9-17(27-2)10-8-15/h7-10,12,16H,3-6,11,13-14H2,1-2H3,(H,22,23,25). The number of benzene rings is 1. The number of methoxy groups -OCH3 is 1. The molecule has 1 atom stereocenters. The van der Waals surface area contributed by atoms with Gasteiger partial charge >= 0.3 is 0 Å². The molecule has 0 radical (unpaired) electrons. The summed E-state index contributed by atoms with van der Waals surface area (Å²) >= 11 is 2.75. The number of hydrogen-bond acceptors (Lipinski definition) is 6. The number of thioether (sulfide) groups is 1. The summed E-state index contributed by atoms with van der Waals surface area (Å²) < 4.78 is 5.16. The number of amides is 2. The SMILES string of the molecule is CCC1CCCCN1C(=O)CSCC(=O)Nc1nc(-c2ccc(OC)cc2)cs1. The molecule has 1 saturated heterocycles. The van der Waals surface area contributed by atoms with Gasteiger partial charge in [0.2, 0.25) is 11.8 Å². The Morgan fingerprint density at radius 1 is 1.28 bits per heavy atom. The number of carbonyl (C=O) groups excluding carboxylic acids is 2. The zero-order valence-corrected chi connectivity index (χ0v) is 18.5. The van der Waals surface area contributed by atoms with Gasteiger partial charge < -0.3 is 15.0 Å². The van der Waals surface area contributed by atoms with E-state index in [1.807, 2.05) is 34.5 Å². The van der Waals surface area contributed by atoms with Crippen LogP contribution in [0.1, 0.15) is 32.6 Å². The maximum atomic E-state index is 12.5. The van der Waals surface area contributed by atoms with Crippen molar-refractivity contribution < 1.29 is 14.3 Å². The van der Waals surface area contributed by atoms with Gasteiger partial charge in [-0.15, -0.1) is 23.1 Å². The van der Waals surface area contributed by atoms with E-state index < -0.39 is 0 Å². The summed E-state index contributed by atoms with van der Waals surface area (Å²) in [5.41, 5.74) is 1.78. The van der Waals surface area contributed by atoms with Crippen LogP contribution in [0.25, 0.3) is 11.3 Å². The lowest BCUT2D eigenvalue weighted by Gasteiger charge is -2.35. The van der Waals surface area contributed by atoms with Crippen molar-refractivity contribution in [1.29, 1.82) is 0 Å². The highest BCUT2D eigenvalue weighted by Gasteiger charge is 2.25. The Kier molecular flexibility index (Phi) is 7.94. The second-order valence-electron chi connectivity index (χ2n) is 6.95. The molecule has 8 heteroatoms. The molecule has 156 valence electrons. The summed E-state index contributed by atoms with van der Waals surface area (Å²) in [5, 5.41) is 5.30. The van der Waals surface area contributed by atoms with Crippen molar-refractivity contribution in [3.8, 4) is 17.0 Å². The van der Waals surface area contributed by atoms with Crippen LogP contribution < -0.4 is 10.1 Å². The molecule has 2 heterocycles. The van der Waals surface area contributed by atoms with Gasteiger partial charge in [0.05, 0.1) is 24.3 Å². The van der Waals surface area contributed by atoms with E-state index in [-0.39, 0.29) is 17.6 Å². The second kappa shape index (κ2) is 10.6. The van der Waals surface area contributed by atoms with Crippen molar-refractivity contribution in [2.75, 3.05) is 30.5 Å². The molecule has 0 saturated carbocycles. The van der Waals surface area contributed by atoms with E-state index in [9.17, 15) is 9.59 Å². The van der Waals surface area contributed by atoms with Crippen LogP contribution in [0.15, 0.2) is 29.6 Å². The summed E-state index contributed by atoms with van der Waals surface area (Å²) in [7, 11) is 1.63. The number of aromatic nitrogens is 1. The van der Waals surface area contributed by atoms with Gasteiger partial charge in [-0.25, -0.2) is 4.98 Å². The van der Waals surface area contributed by atoms with Crippen LogP contribution in [0.2, 0.25) is 0 Å². The molecule has 2 amide bonds. The zero-order valence-electron chi connectivity index (χ0n) is 16.8. The first-order valence-electron chi connectivity index (χ1n) is 9.87. The molecule has 1 N–H and O–H groups in total. The largest absolute Gasteiger partial charge is 0.497 e. The highest BCUT2D eigenvalue weighted by Crippen LogP contribution is 2.26. The highest BCUT2D eigenvalue weighted by molar-refractivity contribution is 8.00. The fourth-order valence-electron chi connectivity index (χ4n) is 3.45. The third kappa shape index (κ3) is 5.96. The van der Waals surface area contributed by atoms with E-state index in [1.54, 1.807) is 7.11 Å². The Morgan fingerprint density at radius 3 is 2.79 bits per heavy atom. The molecule has 1 fully saturated rings. The number of carbonyl (C=O) groups is 2. The van der Waals surface area contributed by atoms with Crippen molar-refractivity contribution in [3.05, 3.63) is 29.6 Å². The molecular formula is C21H27N3O3S2. The van der Waals surface area contributed by atoms with Crippen molar-refractivity contribution in [1.82, 2.24) is 9.88 Å². The van der Waals surface area contributed by atoms with E-state index >= 15 is 0 Å². The number of anilines is 1. The van der Waals surface area contributed by atoms with Gasteiger partial charge in [-0.2, -0.15) is 0 Å². The Bertz CT molecular complexity index is 823. The average molecular weight is 434 g/mol. The van der Waals surface area contributed by atoms with Crippen LogP contribution in [0.4, 0.5) is 5.13 Å². The molecule has 1 aliphatic rings. The number of likely N-dealkylation sites (tertiary alicyclic amines) is 1. The predicted octanol–water partition coefficient (Wildman–Crippen LogP) is 4.28.